The molecule has 2 aromatic rings. The highest BCUT2D eigenvalue weighted by molar-refractivity contribution is 7.16. The summed E-state index contributed by atoms with van der Waals surface area (Å²) in [5, 5.41) is 3.45. The number of piperazine rings is 1. The van der Waals surface area contributed by atoms with Crippen molar-refractivity contribution in [2.75, 3.05) is 51.4 Å². The first-order valence-corrected chi connectivity index (χ1v) is 11.2. The van der Waals surface area contributed by atoms with E-state index in [2.05, 4.69) is 21.2 Å². The zero-order valence-corrected chi connectivity index (χ0v) is 18.6. The van der Waals surface area contributed by atoms with Crippen LogP contribution in [0.15, 0.2) is 24.3 Å². The Hall–Kier alpha value is -2.62. The lowest BCUT2D eigenvalue weighted by atomic mass is 10.1. The molecule has 0 unspecified atom stereocenters. The highest BCUT2D eigenvalue weighted by atomic mass is 32.1. The third-order valence-corrected chi connectivity index (χ3v) is 6.24. The van der Waals surface area contributed by atoms with Crippen molar-refractivity contribution < 1.29 is 23.8 Å². The summed E-state index contributed by atoms with van der Waals surface area (Å²) in [6, 6.07) is 7.81. The Bertz CT molecular complexity index is 953. The van der Waals surface area contributed by atoms with Gasteiger partial charge < -0.3 is 19.5 Å². The van der Waals surface area contributed by atoms with Crippen molar-refractivity contribution in [2.24, 2.45) is 0 Å². The van der Waals surface area contributed by atoms with E-state index in [4.69, 9.17) is 14.2 Å². The molecule has 0 radical (unpaired) electrons. The summed E-state index contributed by atoms with van der Waals surface area (Å²) in [5.74, 6) is 1.08. The number of fused-ring (bicyclic) bond motifs is 1. The first-order valence-electron chi connectivity index (χ1n) is 10.4. The van der Waals surface area contributed by atoms with Crippen LogP contribution in [0.4, 0.5) is 5.00 Å². The van der Waals surface area contributed by atoms with Gasteiger partial charge in [-0.3, -0.25) is 14.6 Å². The van der Waals surface area contributed by atoms with E-state index in [1.165, 1.54) is 16.9 Å². The highest BCUT2D eigenvalue weighted by Gasteiger charge is 2.22. The Morgan fingerprint density at radius 3 is 2.61 bits per heavy atom. The Morgan fingerprint density at radius 1 is 1.10 bits per heavy atom. The standard InChI is InChI=1S/C22H27N3O5S/c1-3-28-22(27)17-10-15(2)31-21(17)23-20(26)13-25-8-6-24(7-9-25)12-16-4-5-18-19(11-16)30-14-29-18/h4-5,10-11H,3,6-9,12-14H2,1-2H3,(H,23,26). The molecule has 1 N–H and O–H groups in total. The Kier molecular flexibility index (Phi) is 6.74. The molecule has 8 nitrogen and oxygen atoms in total. The van der Waals surface area contributed by atoms with Crippen molar-refractivity contribution in [3.05, 3.63) is 40.3 Å². The van der Waals surface area contributed by atoms with Crippen LogP contribution in [0, 0.1) is 6.92 Å². The lowest BCUT2D eigenvalue weighted by Crippen LogP contribution is -2.48. The topological polar surface area (TPSA) is 80.3 Å². The number of ether oxygens (including phenoxy) is 3. The fourth-order valence-corrected chi connectivity index (χ4v) is 4.66. The average molecular weight is 446 g/mol. The van der Waals surface area contributed by atoms with Gasteiger partial charge in [0, 0.05) is 37.6 Å². The minimum Gasteiger partial charge on any atom is -0.462 e. The van der Waals surface area contributed by atoms with Gasteiger partial charge in [0.2, 0.25) is 12.7 Å². The SMILES string of the molecule is CCOC(=O)c1cc(C)sc1NC(=O)CN1CCN(Cc2ccc3c(c2)OCO3)CC1. The second kappa shape index (κ2) is 9.67. The van der Waals surface area contributed by atoms with Gasteiger partial charge in [-0.15, -0.1) is 11.3 Å². The van der Waals surface area contributed by atoms with Gasteiger partial charge in [-0.25, -0.2) is 4.79 Å². The third kappa shape index (κ3) is 5.36. The van der Waals surface area contributed by atoms with Gasteiger partial charge in [-0.05, 0) is 37.6 Å². The van der Waals surface area contributed by atoms with Crippen LogP contribution in [-0.2, 0) is 16.1 Å². The molecule has 2 aliphatic heterocycles. The average Bonchev–Trinajstić information content (AvgIpc) is 3.35. The number of aryl methyl sites for hydroxylation is 1. The number of thiophene rings is 1. The number of carbonyl (C=O) groups is 2. The van der Waals surface area contributed by atoms with E-state index in [-0.39, 0.29) is 12.7 Å². The lowest BCUT2D eigenvalue weighted by Gasteiger charge is -2.34. The van der Waals surface area contributed by atoms with E-state index >= 15 is 0 Å². The largest absolute Gasteiger partial charge is 0.462 e. The Balaban J connectivity index is 1.25. The first kappa shape index (κ1) is 21.6. The lowest BCUT2D eigenvalue weighted by molar-refractivity contribution is -0.117. The third-order valence-electron chi connectivity index (χ3n) is 5.28. The van der Waals surface area contributed by atoms with Crippen LogP contribution in [0.1, 0.15) is 27.7 Å². The monoisotopic (exact) mass is 445 g/mol. The molecule has 31 heavy (non-hydrogen) atoms. The van der Waals surface area contributed by atoms with Crippen LogP contribution in [0.25, 0.3) is 0 Å². The smallest absolute Gasteiger partial charge is 0.341 e. The molecule has 0 saturated carbocycles. The van der Waals surface area contributed by atoms with Crippen molar-refractivity contribution in [1.82, 2.24) is 9.80 Å². The molecule has 1 saturated heterocycles. The molecule has 0 spiro atoms. The van der Waals surface area contributed by atoms with Gasteiger partial charge >= 0.3 is 5.97 Å². The maximum Gasteiger partial charge on any atom is 0.341 e. The minimum absolute atomic E-state index is 0.114. The fourth-order valence-electron chi connectivity index (χ4n) is 3.74. The molecule has 1 aromatic carbocycles. The fraction of sp³-hybridized carbons (Fsp3) is 0.455. The highest BCUT2D eigenvalue weighted by Crippen LogP contribution is 2.33. The van der Waals surface area contributed by atoms with Crippen LogP contribution >= 0.6 is 11.3 Å². The maximum absolute atomic E-state index is 12.6. The van der Waals surface area contributed by atoms with E-state index < -0.39 is 5.97 Å². The molecular formula is C22H27N3O5S. The summed E-state index contributed by atoms with van der Waals surface area (Å²) in [7, 11) is 0. The van der Waals surface area contributed by atoms with Crippen molar-refractivity contribution >= 4 is 28.2 Å². The zero-order chi connectivity index (χ0) is 21.8. The number of amides is 1. The Labute approximate surface area is 185 Å². The normalized spacial score (nSPS) is 16.3. The number of hydrogen-bond acceptors (Lipinski definition) is 8. The number of anilines is 1. The van der Waals surface area contributed by atoms with Crippen molar-refractivity contribution in [1.29, 1.82) is 0 Å². The zero-order valence-electron chi connectivity index (χ0n) is 17.8. The van der Waals surface area contributed by atoms with Gasteiger partial charge in [0.15, 0.2) is 11.5 Å². The molecular weight excluding hydrogens is 418 g/mol. The van der Waals surface area contributed by atoms with Crippen LogP contribution in [0.5, 0.6) is 11.5 Å². The number of carbonyl (C=O) groups excluding carboxylic acids is 2. The molecule has 3 heterocycles. The molecule has 1 aromatic heterocycles. The van der Waals surface area contributed by atoms with E-state index in [9.17, 15) is 9.59 Å². The van der Waals surface area contributed by atoms with Gasteiger partial charge in [-0.2, -0.15) is 0 Å². The summed E-state index contributed by atoms with van der Waals surface area (Å²) < 4.78 is 15.9. The number of benzene rings is 1. The molecule has 4 rings (SSSR count). The van der Waals surface area contributed by atoms with Crippen LogP contribution in [0.2, 0.25) is 0 Å². The van der Waals surface area contributed by atoms with Crippen molar-refractivity contribution in [2.45, 2.75) is 20.4 Å². The molecule has 1 amide bonds. The van der Waals surface area contributed by atoms with E-state index in [0.717, 1.165) is 49.1 Å². The molecule has 0 aliphatic carbocycles. The predicted molar refractivity (Wildman–Crippen MR) is 118 cm³/mol. The Morgan fingerprint density at radius 2 is 1.84 bits per heavy atom. The van der Waals surface area contributed by atoms with E-state index in [1.54, 1.807) is 13.0 Å². The van der Waals surface area contributed by atoms with E-state index in [1.807, 2.05) is 19.1 Å². The number of rotatable bonds is 7. The number of hydrogen-bond donors (Lipinski definition) is 1. The molecule has 9 heteroatoms. The molecule has 1 fully saturated rings. The summed E-state index contributed by atoms with van der Waals surface area (Å²) >= 11 is 1.39. The minimum atomic E-state index is -0.403. The molecule has 166 valence electrons. The second-order valence-electron chi connectivity index (χ2n) is 7.61. The summed E-state index contributed by atoms with van der Waals surface area (Å²) in [6.45, 7) is 8.79. The van der Waals surface area contributed by atoms with Gasteiger partial charge in [0.05, 0.1) is 18.7 Å². The summed E-state index contributed by atoms with van der Waals surface area (Å²) in [4.78, 5) is 30.1. The molecule has 0 atom stereocenters. The summed E-state index contributed by atoms with van der Waals surface area (Å²) in [5.41, 5.74) is 1.61. The molecule has 2 aliphatic rings. The van der Waals surface area contributed by atoms with Crippen molar-refractivity contribution in [3.63, 3.8) is 0 Å². The van der Waals surface area contributed by atoms with Gasteiger partial charge in [0.25, 0.3) is 0 Å². The van der Waals surface area contributed by atoms with Crippen LogP contribution < -0.4 is 14.8 Å². The van der Waals surface area contributed by atoms with Gasteiger partial charge in [0.1, 0.15) is 5.00 Å². The molecule has 0 bridgehead atoms. The quantitative estimate of drug-likeness (QED) is 0.657. The van der Waals surface area contributed by atoms with Crippen LogP contribution in [-0.4, -0.2) is 67.8 Å². The number of nitrogens with one attached hydrogen (secondary N) is 1. The number of nitrogens with zero attached hydrogens (tertiary/aromatic N) is 2. The first-order chi connectivity index (χ1) is 15.0. The maximum atomic E-state index is 12.6. The predicted octanol–water partition coefficient (Wildman–Crippen LogP) is 2.72. The number of esters is 1. The van der Waals surface area contributed by atoms with Crippen molar-refractivity contribution in [3.8, 4) is 11.5 Å². The van der Waals surface area contributed by atoms with Crippen LogP contribution in [0.3, 0.4) is 0 Å². The summed E-state index contributed by atoms with van der Waals surface area (Å²) in [6.07, 6.45) is 0. The van der Waals surface area contributed by atoms with E-state index in [0.29, 0.717) is 23.7 Å². The van der Waals surface area contributed by atoms with Gasteiger partial charge in [-0.1, -0.05) is 6.07 Å². The second-order valence-corrected chi connectivity index (χ2v) is 8.86.